The minimum Gasteiger partial charge on any atom is -0.394 e. The van der Waals surface area contributed by atoms with Crippen LogP contribution in [0.25, 0.3) is 0 Å². The van der Waals surface area contributed by atoms with Crippen molar-refractivity contribution in [2.45, 2.75) is 167 Å². The number of amides is 1. The molecule has 0 saturated carbocycles. The first kappa shape index (κ1) is 47.6. The fraction of sp³-hybridized carbons (Fsp3) is 0.969. The summed E-state index contributed by atoms with van der Waals surface area (Å²) in [5.41, 5.74) is 0. The van der Waals surface area contributed by atoms with Gasteiger partial charge < -0.3 is 125 Å². The Labute approximate surface area is 329 Å². The largest absolute Gasteiger partial charge is 0.394 e. The van der Waals surface area contributed by atoms with Crippen LogP contribution in [0.4, 0.5) is 0 Å². The van der Waals surface area contributed by atoms with Crippen molar-refractivity contribution in [2.75, 3.05) is 26.4 Å². The number of rotatable bonds is 13. The normalized spacial score (nSPS) is 51.6. The maximum absolute atomic E-state index is 12.8. The zero-order valence-electron chi connectivity index (χ0n) is 31.1. The highest BCUT2D eigenvalue weighted by Gasteiger charge is 2.58. The van der Waals surface area contributed by atoms with Gasteiger partial charge in [-0.05, 0) is 6.92 Å². The number of hydrogen-bond donors (Lipinski definition) is 16. The molecule has 5 saturated heterocycles. The van der Waals surface area contributed by atoms with Gasteiger partial charge in [-0.2, -0.15) is 0 Å². The van der Waals surface area contributed by atoms with E-state index in [1.54, 1.807) is 0 Å². The van der Waals surface area contributed by atoms with E-state index in [0.29, 0.717) is 0 Å². The van der Waals surface area contributed by atoms with Crippen molar-refractivity contribution in [1.82, 2.24) is 5.32 Å². The maximum atomic E-state index is 12.8. The highest BCUT2D eigenvalue weighted by atomic mass is 16.8. The summed E-state index contributed by atoms with van der Waals surface area (Å²) in [7, 11) is 0. The molecule has 1 amide bonds. The minimum absolute atomic E-state index is 0.822. The average Bonchev–Trinajstić information content (AvgIpc) is 3.19. The second kappa shape index (κ2) is 20.1. The highest BCUT2D eigenvalue weighted by molar-refractivity contribution is 5.73. The van der Waals surface area contributed by atoms with Crippen molar-refractivity contribution < 1.29 is 124 Å². The summed E-state index contributed by atoms with van der Waals surface area (Å²) in [6, 6.07) is -1.71. The molecule has 0 aliphatic carbocycles. The number of nitrogens with one attached hydrogen (secondary N) is 1. The van der Waals surface area contributed by atoms with Crippen LogP contribution in [0.5, 0.6) is 0 Å². The quantitative estimate of drug-likeness (QED) is 0.0818. The lowest BCUT2D eigenvalue weighted by molar-refractivity contribution is -0.398. The number of carbonyl (C=O) groups is 1. The van der Waals surface area contributed by atoms with Gasteiger partial charge in [0.2, 0.25) is 5.91 Å². The molecule has 5 fully saturated rings. The van der Waals surface area contributed by atoms with Crippen LogP contribution in [0.3, 0.4) is 0 Å². The van der Waals surface area contributed by atoms with E-state index < -0.39 is 186 Å². The molecule has 0 spiro atoms. The molecule has 58 heavy (non-hydrogen) atoms. The Hall–Kier alpha value is -1.49. The molecule has 5 aliphatic heterocycles. The molecule has 16 N–H and O–H groups in total. The highest BCUT2D eigenvalue weighted by Crippen LogP contribution is 2.37. The van der Waals surface area contributed by atoms with Crippen LogP contribution in [0.1, 0.15) is 13.8 Å². The standard InChI is InChI=1S/C32H55NO25/c1-7-14(39)17(42)22(47)30(50-7)57-26-13(33-8(2)38)29(55-24-11(5-36)51-28(49)21(46)20(24)45)54-12(6-37)25(26)56-32-27(19(44)16(41)10(4-35)53-32)58-31-23(48)18(43)15(40)9(3-34)52-31/h7,9-32,34-37,39-49H,3-6H2,1-2H3,(H,33,38)/t7-,9-,10+,11+,12+,13+,14+,15+,16-,17+,18+,19-,20+,21+,22-,23-,24-,25+,26+,27+,28?,29-,30-,31-,32-/m0/s1. The van der Waals surface area contributed by atoms with Crippen LogP contribution >= 0.6 is 0 Å². The third-order valence-electron chi connectivity index (χ3n) is 10.7. The van der Waals surface area contributed by atoms with Crippen LogP contribution in [0.2, 0.25) is 0 Å². The summed E-state index contributed by atoms with van der Waals surface area (Å²) in [5.74, 6) is -0.822. The fourth-order valence-electron chi connectivity index (χ4n) is 7.35. The van der Waals surface area contributed by atoms with Crippen LogP contribution in [0.15, 0.2) is 0 Å². The first-order chi connectivity index (χ1) is 27.4. The lowest BCUT2D eigenvalue weighted by atomic mass is 9.93. The van der Waals surface area contributed by atoms with E-state index in [1.165, 1.54) is 6.92 Å². The SMILES string of the molecule is CC(=O)N[C@H]1[C@H](O[C@@H]2[C@H](O)[C@@H](O)C(O)O[C@@H]2CO)O[C@H](CO)[C@@H](O[C@@H]2O[C@H](CO)[C@H](O)[C@H](O)[C@H]2O[C@@H]2O[C@@H](CO)[C@@H](O)[C@@H](O)[C@@H]2O)[C@@H]1O[C@@H]1O[C@@H](C)[C@@H](O)[C@@H](O)[C@@H]1O. The van der Waals surface area contributed by atoms with Crippen LogP contribution < -0.4 is 5.32 Å². The first-order valence-electron chi connectivity index (χ1n) is 18.5. The third kappa shape index (κ3) is 9.75. The number of aliphatic hydroxyl groups is 15. The second-order valence-corrected chi connectivity index (χ2v) is 14.7. The van der Waals surface area contributed by atoms with E-state index in [1.807, 2.05) is 0 Å². The summed E-state index contributed by atoms with van der Waals surface area (Å²) in [5, 5.41) is 159. The molecule has 0 aromatic carbocycles. The van der Waals surface area contributed by atoms with Crippen molar-refractivity contribution in [1.29, 1.82) is 0 Å². The van der Waals surface area contributed by atoms with Crippen molar-refractivity contribution in [3.05, 3.63) is 0 Å². The molecule has 0 radical (unpaired) electrons. The van der Waals surface area contributed by atoms with Crippen molar-refractivity contribution in [2.24, 2.45) is 0 Å². The van der Waals surface area contributed by atoms with Gasteiger partial charge in [0.1, 0.15) is 116 Å². The predicted molar refractivity (Wildman–Crippen MR) is 177 cm³/mol. The van der Waals surface area contributed by atoms with E-state index in [0.717, 1.165) is 6.92 Å². The number of aliphatic hydroxyl groups excluding tert-OH is 15. The van der Waals surface area contributed by atoms with Crippen LogP contribution in [-0.4, -0.2) is 262 Å². The lowest BCUT2D eigenvalue weighted by Crippen LogP contribution is -2.71. The van der Waals surface area contributed by atoms with E-state index in [9.17, 15) is 81.4 Å². The van der Waals surface area contributed by atoms with Gasteiger partial charge in [-0.15, -0.1) is 0 Å². The summed E-state index contributed by atoms with van der Waals surface area (Å²) < 4.78 is 51.9. The number of carbonyl (C=O) groups excluding carboxylic acids is 1. The molecule has 25 atom stereocenters. The molecule has 1 unspecified atom stereocenters. The molecule has 0 bridgehead atoms. The Kier molecular flexibility index (Phi) is 16.5. The molecule has 26 heteroatoms. The number of ether oxygens (including phenoxy) is 9. The zero-order valence-corrected chi connectivity index (χ0v) is 31.1. The predicted octanol–water partition coefficient (Wildman–Crippen LogP) is -10.8. The van der Waals surface area contributed by atoms with Crippen LogP contribution in [-0.2, 0) is 47.4 Å². The lowest BCUT2D eigenvalue weighted by Gasteiger charge is -2.52. The van der Waals surface area contributed by atoms with Gasteiger partial charge in [-0.25, -0.2) is 0 Å². The summed E-state index contributed by atoms with van der Waals surface area (Å²) in [4.78, 5) is 12.8. The van der Waals surface area contributed by atoms with Gasteiger partial charge in [0.25, 0.3) is 0 Å². The van der Waals surface area contributed by atoms with E-state index in [4.69, 9.17) is 42.6 Å². The van der Waals surface area contributed by atoms with Gasteiger partial charge in [0.15, 0.2) is 31.5 Å². The molecule has 26 nitrogen and oxygen atoms in total. The topological polar surface area (TPSA) is 416 Å². The zero-order chi connectivity index (χ0) is 42.9. The summed E-state index contributed by atoms with van der Waals surface area (Å²) in [6.45, 7) is -1.40. The van der Waals surface area contributed by atoms with Gasteiger partial charge in [0.05, 0.1) is 32.5 Å². The van der Waals surface area contributed by atoms with E-state index >= 15 is 0 Å². The second-order valence-electron chi connectivity index (χ2n) is 14.7. The Morgan fingerprint density at radius 2 is 0.879 bits per heavy atom. The van der Waals surface area contributed by atoms with Gasteiger partial charge in [-0.1, -0.05) is 0 Å². The molecule has 5 rings (SSSR count). The first-order valence-corrected chi connectivity index (χ1v) is 18.5. The molecule has 0 aromatic heterocycles. The molecular formula is C32H55NO25. The fourth-order valence-corrected chi connectivity index (χ4v) is 7.35. The Balaban J connectivity index is 1.55. The van der Waals surface area contributed by atoms with E-state index in [-0.39, 0.29) is 0 Å². The molecular weight excluding hydrogens is 798 g/mol. The average molecular weight is 854 g/mol. The molecule has 338 valence electrons. The molecule has 5 aliphatic rings. The third-order valence-corrected chi connectivity index (χ3v) is 10.7. The Morgan fingerprint density at radius 3 is 1.45 bits per heavy atom. The monoisotopic (exact) mass is 853 g/mol. The van der Waals surface area contributed by atoms with Crippen molar-refractivity contribution in [3.8, 4) is 0 Å². The van der Waals surface area contributed by atoms with E-state index in [2.05, 4.69) is 5.32 Å². The Morgan fingerprint density at radius 1 is 0.448 bits per heavy atom. The number of hydrogen-bond acceptors (Lipinski definition) is 25. The van der Waals surface area contributed by atoms with Crippen molar-refractivity contribution in [3.63, 3.8) is 0 Å². The Bertz CT molecular complexity index is 1300. The van der Waals surface area contributed by atoms with Crippen LogP contribution in [0, 0.1) is 0 Å². The smallest absolute Gasteiger partial charge is 0.217 e. The van der Waals surface area contributed by atoms with Gasteiger partial charge in [0, 0.05) is 6.92 Å². The summed E-state index contributed by atoms with van der Waals surface area (Å²) >= 11 is 0. The van der Waals surface area contributed by atoms with Crippen molar-refractivity contribution >= 4 is 5.91 Å². The minimum atomic E-state index is -2.08. The summed E-state index contributed by atoms with van der Waals surface area (Å²) in [6.07, 6.45) is -44.0. The van der Waals surface area contributed by atoms with Gasteiger partial charge in [-0.3, -0.25) is 4.79 Å². The van der Waals surface area contributed by atoms with Gasteiger partial charge >= 0.3 is 0 Å². The maximum Gasteiger partial charge on any atom is 0.217 e. The molecule has 5 heterocycles. The molecule has 0 aromatic rings.